The molecule has 1 aliphatic rings. The van der Waals surface area contributed by atoms with E-state index in [1.165, 1.54) is 11.1 Å². The predicted octanol–water partition coefficient (Wildman–Crippen LogP) is 7.78. The summed E-state index contributed by atoms with van der Waals surface area (Å²) in [6.45, 7) is 22.2. The third-order valence-corrected chi connectivity index (χ3v) is 5.66. The Balaban J connectivity index is 2.64. The monoisotopic (exact) mass is 386 g/mol. The van der Waals surface area contributed by atoms with Crippen molar-refractivity contribution >= 4 is 11.6 Å². The van der Waals surface area contributed by atoms with E-state index in [0.717, 1.165) is 28.3 Å². The summed E-state index contributed by atoms with van der Waals surface area (Å²) in [6, 6.07) is 4.11. The van der Waals surface area contributed by atoms with Gasteiger partial charge in [0.25, 0.3) is 0 Å². The fourth-order valence-electron chi connectivity index (χ4n) is 3.55. The van der Waals surface area contributed by atoms with Crippen molar-refractivity contribution < 1.29 is 4.74 Å². The van der Waals surface area contributed by atoms with Gasteiger partial charge in [0.2, 0.25) is 0 Å². The molecule has 0 spiro atoms. The molecule has 1 aliphatic carbocycles. The number of hydrogen-bond acceptors (Lipinski definition) is 1. The molecule has 0 unspecified atom stereocenters. The van der Waals surface area contributed by atoms with Crippen molar-refractivity contribution in [3.05, 3.63) is 64.2 Å². The van der Waals surface area contributed by atoms with E-state index in [1.54, 1.807) is 6.08 Å². The quantitative estimate of drug-likeness (QED) is 0.469. The van der Waals surface area contributed by atoms with E-state index >= 15 is 0 Å². The van der Waals surface area contributed by atoms with Crippen LogP contribution in [0.25, 0.3) is 0 Å². The highest BCUT2D eigenvalue weighted by Crippen LogP contribution is 2.47. The Morgan fingerprint density at radius 1 is 1.00 bits per heavy atom. The van der Waals surface area contributed by atoms with Crippen molar-refractivity contribution in [1.82, 2.24) is 0 Å². The van der Waals surface area contributed by atoms with Crippen LogP contribution < -0.4 is 4.74 Å². The molecule has 1 aromatic rings. The van der Waals surface area contributed by atoms with Crippen molar-refractivity contribution in [3.8, 4) is 5.75 Å². The van der Waals surface area contributed by atoms with Crippen LogP contribution >= 0.6 is 11.6 Å². The van der Waals surface area contributed by atoms with E-state index < -0.39 is 0 Å². The minimum absolute atomic E-state index is 0.0668. The summed E-state index contributed by atoms with van der Waals surface area (Å²) in [5.41, 5.74) is 4.99. The summed E-state index contributed by atoms with van der Waals surface area (Å²) < 4.78 is 6.21. The largest absolute Gasteiger partial charge is 0.489 e. The van der Waals surface area contributed by atoms with Gasteiger partial charge < -0.3 is 4.74 Å². The highest BCUT2D eigenvalue weighted by molar-refractivity contribution is 6.30. The van der Waals surface area contributed by atoms with Crippen LogP contribution in [0, 0.1) is 5.41 Å². The Labute approximate surface area is 171 Å². The molecule has 148 valence electrons. The van der Waals surface area contributed by atoms with Gasteiger partial charge in [-0.3, -0.25) is 0 Å². The molecule has 0 aliphatic heterocycles. The molecule has 27 heavy (non-hydrogen) atoms. The second kappa shape index (κ2) is 7.51. The summed E-state index contributed by atoms with van der Waals surface area (Å²) in [6.07, 6.45) is 7.53. The van der Waals surface area contributed by atoms with E-state index in [-0.39, 0.29) is 16.2 Å². The lowest BCUT2D eigenvalue weighted by Crippen LogP contribution is -2.23. The molecule has 2 rings (SSSR count). The molecular formula is C25H35ClO. The molecule has 1 aromatic carbocycles. The second-order valence-electron chi connectivity index (χ2n) is 10.1. The topological polar surface area (TPSA) is 9.23 Å². The lowest BCUT2D eigenvalue weighted by atomic mass is 9.74. The third kappa shape index (κ3) is 4.69. The van der Waals surface area contributed by atoms with E-state index in [2.05, 4.69) is 80.2 Å². The maximum absolute atomic E-state index is 6.57. The van der Waals surface area contributed by atoms with Crippen LogP contribution in [0.4, 0.5) is 0 Å². The highest BCUT2D eigenvalue weighted by Gasteiger charge is 2.34. The number of rotatable bonds is 5. The van der Waals surface area contributed by atoms with Crippen molar-refractivity contribution in [2.75, 3.05) is 6.61 Å². The number of allylic oxidation sites excluding steroid dienone is 4. The maximum Gasteiger partial charge on any atom is 0.127 e. The fourth-order valence-corrected chi connectivity index (χ4v) is 3.77. The molecular weight excluding hydrogens is 352 g/mol. The average molecular weight is 387 g/mol. The molecule has 0 atom stereocenters. The van der Waals surface area contributed by atoms with Crippen molar-refractivity contribution in [1.29, 1.82) is 0 Å². The Morgan fingerprint density at radius 2 is 1.59 bits per heavy atom. The van der Waals surface area contributed by atoms with Gasteiger partial charge in [0, 0.05) is 21.6 Å². The predicted molar refractivity (Wildman–Crippen MR) is 119 cm³/mol. The van der Waals surface area contributed by atoms with Gasteiger partial charge in [0.05, 0.1) is 0 Å². The lowest BCUT2D eigenvalue weighted by molar-refractivity contribution is 0.341. The molecule has 0 fully saturated rings. The minimum Gasteiger partial charge on any atom is -0.489 e. The minimum atomic E-state index is -0.200. The molecule has 0 radical (unpaired) electrons. The summed E-state index contributed by atoms with van der Waals surface area (Å²) in [7, 11) is 0. The highest BCUT2D eigenvalue weighted by atomic mass is 35.5. The molecule has 0 aromatic heterocycles. The molecule has 2 heteroatoms. The van der Waals surface area contributed by atoms with Gasteiger partial charge in [-0.25, -0.2) is 0 Å². The molecule has 0 saturated heterocycles. The van der Waals surface area contributed by atoms with Crippen LogP contribution in [0.3, 0.4) is 0 Å². The van der Waals surface area contributed by atoms with Gasteiger partial charge in [-0.2, -0.15) is 0 Å². The Kier molecular flexibility index (Phi) is 6.07. The first-order chi connectivity index (χ1) is 12.3. The lowest BCUT2D eigenvalue weighted by Gasteiger charge is -2.33. The first-order valence-corrected chi connectivity index (χ1v) is 10.2. The number of ether oxygens (including phenoxy) is 1. The Hall–Kier alpha value is -1.47. The van der Waals surface area contributed by atoms with Crippen LogP contribution in [0.2, 0.25) is 5.02 Å². The Morgan fingerprint density at radius 3 is 2.07 bits per heavy atom. The van der Waals surface area contributed by atoms with Crippen LogP contribution in [-0.2, 0) is 10.8 Å². The van der Waals surface area contributed by atoms with Crippen molar-refractivity contribution in [2.24, 2.45) is 5.41 Å². The molecule has 0 saturated carbocycles. The van der Waals surface area contributed by atoms with Gasteiger partial charge in [-0.15, -0.1) is 0 Å². The van der Waals surface area contributed by atoms with Gasteiger partial charge >= 0.3 is 0 Å². The zero-order chi connectivity index (χ0) is 20.6. The first-order valence-electron chi connectivity index (χ1n) is 9.78. The summed E-state index contributed by atoms with van der Waals surface area (Å²) in [5.74, 6) is 0.940. The summed E-state index contributed by atoms with van der Waals surface area (Å²) >= 11 is 6.57. The fraction of sp³-hybridized carbons (Fsp3) is 0.520. The second-order valence-corrected chi connectivity index (χ2v) is 10.5. The van der Waals surface area contributed by atoms with E-state index in [1.807, 2.05) is 6.07 Å². The first kappa shape index (κ1) is 21.8. The zero-order valence-electron chi connectivity index (χ0n) is 18.3. The molecule has 0 heterocycles. The number of hydrogen-bond donors (Lipinski definition) is 0. The number of halogens is 1. The smallest absolute Gasteiger partial charge is 0.127 e. The summed E-state index contributed by atoms with van der Waals surface area (Å²) in [5, 5.41) is 0.757. The van der Waals surface area contributed by atoms with E-state index in [9.17, 15) is 0 Å². The van der Waals surface area contributed by atoms with Gasteiger partial charge in [-0.05, 0) is 35.0 Å². The van der Waals surface area contributed by atoms with Crippen LogP contribution in [0.1, 0.15) is 72.9 Å². The summed E-state index contributed by atoms with van der Waals surface area (Å²) in [4.78, 5) is 0. The Bertz CT molecular complexity index is 780. The average Bonchev–Trinajstić information content (AvgIpc) is 3.03. The van der Waals surface area contributed by atoms with Crippen molar-refractivity contribution in [2.45, 2.75) is 72.6 Å². The molecule has 0 N–H and O–H groups in total. The van der Waals surface area contributed by atoms with E-state index in [0.29, 0.717) is 6.61 Å². The van der Waals surface area contributed by atoms with Gasteiger partial charge in [-0.1, -0.05) is 97.4 Å². The van der Waals surface area contributed by atoms with Crippen LogP contribution in [0.15, 0.2) is 48.1 Å². The zero-order valence-corrected chi connectivity index (χ0v) is 19.1. The molecule has 0 bridgehead atoms. The van der Waals surface area contributed by atoms with Gasteiger partial charge in [0.15, 0.2) is 0 Å². The normalized spacial score (nSPS) is 15.4. The van der Waals surface area contributed by atoms with E-state index in [4.69, 9.17) is 16.3 Å². The van der Waals surface area contributed by atoms with Crippen LogP contribution in [-0.4, -0.2) is 6.61 Å². The van der Waals surface area contributed by atoms with Crippen molar-refractivity contribution in [3.63, 3.8) is 0 Å². The SMILES string of the molecule is C=CCOc1c(C(C)(C)C)cc(Cl)cc1C(C)(C)C1=CCC(C(C)(C)C)=C1. The molecule has 1 nitrogen and oxygen atoms in total. The van der Waals surface area contributed by atoms with Crippen LogP contribution in [0.5, 0.6) is 5.75 Å². The third-order valence-electron chi connectivity index (χ3n) is 5.44. The standard InChI is InChI=1S/C25H35ClO/c1-10-13-27-22-20(24(5,6)7)15-19(26)16-21(22)25(8,9)18-12-11-17(14-18)23(2,3)4/h10,12,14-16H,1,11,13H2,2-9H3. The number of benzene rings is 1. The molecule has 0 amide bonds. The maximum atomic E-state index is 6.57. The van der Waals surface area contributed by atoms with Gasteiger partial charge in [0.1, 0.15) is 12.4 Å².